The van der Waals surface area contributed by atoms with E-state index < -0.39 is 0 Å². The molecule has 0 aliphatic carbocycles. The van der Waals surface area contributed by atoms with Crippen LogP contribution in [0, 0.1) is 5.92 Å². The molecule has 0 bridgehead atoms. The highest BCUT2D eigenvalue weighted by atomic mass is 16.5. The van der Waals surface area contributed by atoms with Gasteiger partial charge in [0.1, 0.15) is 5.75 Å². The maximum Gasteiger partial charge on any atom is 0.119 e. The third-order valence-corrected chi connectivity index (χ3v) is 3.67. The molecule has 0 saturated heterocycles. The van der Waals surface area contributed by atoms with Crippen LogP contribution in [0.15, 0.2) is 24.3 Å². The molecule has 1 atom stereocenters. The van der Waals surface area contributed by atoms with E-state index in [2.05, 4.69) is 39.0 Å². The molecule has 2 heteroatoms. The number of hydrogen-bond acceptors (Lipinski definition) is 2. The van der Waals surface area contributed by atoms with Crippen LogP contribution in [0.4, 0.5) is 0 Å². The Kier molecular flexibility index (Phi) is 6.81. The van der Waals surface area contributed by atoms with Gasteiger partial charge < -0.3 is 10.5 Å². The molecule has 0 fully saturated rings. The van der Waals surface area contributed by atoms with E-state index in [0.717, 1.165) is 25.3 Å². The summed E-state index contributed by atoms with van der Waals surface area (Å²) in [6.07, 6.45) is 3.38. The van der Waals surface area contributed by atoms with E-state index >= 15 is 0 Å². The maximum atomic E-state index is 5.89. The van der Waals surface area contributed by atoms with Crippen molar-refractivity contribution < 1.29 is 4.74 Å². The van der Waals surface area contributed by atoms with Crippen LogP contribution in [-0.2, 0) is 0 Å². The quantitative estimate of drug-likeness (QED) is 0.757. The van der Waals surface area contributed by atoms with E-state index in [4.69, 9.17) is 10.5 Å². The smallest absolute Gasteiger partial charge is 0.119 e. The van der Waals surface area contributed by atoms with Crippen molar-refractivity contribution in [3.05, 3.63) is 29.8 Å². The predicted octanol–water partition coefficient (Wildman–Crippen LogP) is 3.95. The lowest BCUT2D eigenvalue weighted by molar-refractivity contribution is 0.240. The number of rotatable bonds is 8. The average molecular weight is 249 g/mol. The van der Waals surface area contributed by atoms with E-state index in [1.807, 2.05) is 6.07 Å². The first-order valence-corrected chi connectivity index (χ1v) is 7.14. The second-order valence-electron chi connectivity index (χ2n) is 5.04. The number of benzene rings is 1. The van der Waals surface area contributed by atoms with Crippen LogP contribution >= 0.6 is 0 Å². The van der Waals surface area contributed by atoms with Gasteiger partial charge >= 0.3 is 0 Å². The molecular weight excluding hydrogens is 222 g/mol. The lowest BCUT2D eigenvalue weighted by Crippen LogP contribution is -2.10. The van der Waals surface area contributed by atoms with Gasteiger partial charge in [-0.2, -0.15) is 0 Å². The van der Waals surface area contributed by atoms with Crippen molar-refractivity contribution in [1.82, 2.24) is 0 Å². The molecule has 2 N–H and O–H groups in total. The summed E-state index contributed by atoms with van der Waals surface area (Å²) in [6, 6.07) is 8.43. The van der Waals surface area contributed by atoms with E-state index in [-0.39, 0.29) is 0 Å². The zero-order valence-electron chi connectivity index (χ0n) is 12.0. The molecule has 1 unspecified atom stereocenters. The molecule has 0 radical (unpaired) electrons. The third-order valence-electron chi connectivity index (χ3n) is 3.67. The highest BCUT2D eigenvalue weighted by Crippen LogP contribution is 2.23. The summed E-state index contributed by atoms with van der Waals surface area (Å²) in [5, 5.41) is 0. The SMILES string of the molecule is CCC(CC)COc1cccc(C(C)CCN)c1. The summed E-state index contributed by atoms with van der Waals surface area (Å²) in [5.41, 5.74) is 6.93. The molecular formula is C16H27NO. The van der Waals surface area contributed by atoms with Crippen molar-refractivity contribution in [2.24, 2.45) is 11.7 Å². The lowest BCUT2D eigenvalue weighted by Gasteiger charge is -2.16. The van der Waals surface area contributed by atoms with Gasteiger partial charge in [0.25, 0.3) is 0 Å². The highest BCUT2D eigenvalue weighted by molar-refractivity contribution is 5.30. The Morgan fingerprint density at radius 2 is 1.94 bits per heavy atom. The molecule has 18 heavy (non-hydrogen) atoms. The second kappa shape index (κ2) is 8.15. The average Bonchev–Trinajstić information content (AvgIpc) is 2.40. The molecule has 1 aromatic rings. The molecule has 1 rings (SSSR count). The van der Waals surface area contributed by atoms with Gasteiger partial charge in [-0.05, 0) is 42.5 Å². The highest BCUT2D eigenvalue weighted by Gasteiger charge is 2.07. The minimum absolute atomic E-state index is 0.506. The Bertz CT molecular complexity index is 334. The standard InChI is InChI=1S/C16H27NO/c1-4-14(5-2)12-18-16-8-6-7-15(11-16)13(3)9-10-17/h6-8,11,13-14H,4-5,9-10,12,17H2,1-3H3. The monoisotopic (exact) mass is 249 g/mol. The second-order valence-corrected chi connectivity index (χ2v) is 5.04. The molecule has 0 aliphatic heterocycles. The molecule has 0 saturated carbocycles. The molecule has 0 spiro atoms. The van der Waals surface area contributed by atoms with Gasteiger partial charge in [-0.3, -0.25) is 0 Å². The van der Waals surface area contributed by atoms with Crippen LogP contribution in [-0.4, -0.2) is 13.2 Å². The molecule has 1 aromatic carbocycles. The van der Waals surface area contributed by atoms with E-state index in [1.54, 1.807) is 0 Å². The summed E-state index contributed by atoms with van der Waals surface area (Å²) < 4.78 is 5.89. The van der Waals surface area contributed by atoms with Gasteiger partial charge in [0.15, 0.2) is 0 Å². The van der Waals surface area contributed by atoms with Crippen molar-refractivity contribution in [3.8, 4) is 5.75 Å². The Balaban J connectivity index is 2.59. The van der Waals surface area contributed by atoms with Gasteiger partial charge in [-0.1, -0.05) is 45.7 Å². The summed E-state index contributed by atoms with van der Waals surface area (Å²) in [4.78, 5) is 0. The number of nitrogens with two attached hydrogens (primary N) is 1. The van der Waals surface area contributed by atoms with Gasteiger partial charge in [0.2, 0.25) is 0 Å². The van der Waals surface area contributed by atoms with Crippen molar-refractivity contribution in [2.45, 2.75) is 46.0 Å². The fourth-order valence-corrected chi connectivity index (χ4v) is 2.07. The first-order valence-electron chi connectivity index (χ1n) is 7.14. The number of ether oxygens (including phenoxy) is 1. The van der Waals surface area contributed by atoms with Gasteiger partial charge in [-0.25, -0.2) is 0 Å². The van der Waals surface area contributed by atoms with E-state index in [0.29, 0.717) is 11.8 Å². The van der Waals surface area contributed by atoms with Crippen LogP contribution in [0.2, 0.25) is 0 Å². The first-order chi connectivity index (χ1) is 8.71. The van der Waals surface area contributed by atoms with Crippen molar-refractivity contribution >= 4 is 0 Å². The van der Waals surface area contributed by atoms with Gasteiger partial charge in [0.05, 0.1) is 6.61 Å². The lowest BCUT2D eigenvalue weighted by atomic mass is 9.98. The Morgan fingerprint density at radius 1 is 1.22 bits per heavy atom. The molecule has 0 aliphatic rings. The van der Waals surface area contributed by atoms with Crippen LogP contribution in [0.3, 0.4) is 0 Å². The predicted molar refractivity (Wildman–Crippen MR) is 78.1 cm³/mol. The summed E-state index contributed by atoms with van der Waals surface area (Å²) >= 11 is 0. The summed E-state index contributed by atoms with van der Waals surface area (Å²) in [7, 11) is 0. The fourth-order valence-electron chi connectivity index (χ4n) is 2.07. The molecule has 0 amide bonds. The van der Waals surface area contributed by atoms with Crippen LogP contribution < -0.4 is 10.5 Å². The zero-order chi connectivity index (χ0) is 13.4. The van der Waals surface area contributed by atoms with Crippen molar-refractivity contribution in [3.63, 3.8) is 0 Å². The fraction of sp³-hybridized carbons (Fsp3) is 0.625. The Hall–Kier alpha value is -1.02. The topological polar surface area (TPSA) is 35.2 Å². The van der Waals surface area contributed by atoms with Crippen molar-refractivity contribution in [2.75, 3.05) is 13.2 Å². The molecule has 102 valence electrons. The number of hydrogen-bond donors (Lipinski definition) is 1. The van der Waals surface area contributed by atoms with E-state index in [1.165, 1.54) is 18.4 Å². The van der Waals surface area contributed by atoms with Gasteiger partial charge in [-0.15, -0.1) is 0 Å². The van der Waals surface area contributed by atoms with Gasteiger partial charge in [0, 0.05) is 0 Å². The van der Waals surface area contributed by atoms with Crippen molar-refractivity contribution in [1.29, 1.82) is 0 Å². The summed E-state index contributed by atoms with van der Waals surface area (Å²) in [6.45, 7) is 8.21. The Labute approximate surface area is 112 Å². The van der Waals surface area contributed by atoms with E-state index in [9.17, 15) is 0 Å². The largest absolute Gasteiger partial charge is 0.493 e. The third kappa shape index (κ3) is 4.69. The maximum absolute atomic E-state index is 5.89. The first kappa shape index (κ1) is 15.0. The Morgan fingerprint density at radius 3 is 2.56 bits per heavy atom. The van der Waals surface area contributed by atoms with Crippen LogP contribution in [0.5, 0.6) is 5.75 Å². The minimum atomic E-state index is 0.506. The zero-order valence-corrected chi connectivity index (χ0v) is 12.0. The molecule has 0 heterocycles. The van der Waals surface area contributed by atoms with Crippen LogP contribution in [0.1, 0.15) is 51.5 Å². The molecule has 0 aromatic heterocycles. The van der Waals surface area contributed by atoms with Crippen LogP contribution in [0.25, 0.3) is 0 Å². The minimum Gasteiger partial charge on any atom is -0.493 e. The normalized spacial score (nSPS) is 12.7. The molecule has 2 nitrogen and oxygen atoms in total. The summed E-state index contributed by atoms with van der Waals surface area (Å²) in [5.74, 6) is 2.16.